The van der Waals surface area contributed by atoms with Gasteiger partial charge in [-0.25, -0.2) is 0 Å². The average molecular weight is 116 g/mol. The van der Waals surface area contributed by atoms with Crippen LogP contribution in [0.1, 0.15) is 0 Å². The molecule has 0 aromatic rings. The van der Waals surface area contributed by atoms with Crippen LogP contribution >= 0.6 is 0 Å². The molecule has 0 radical (unpaired) electrons. The van der Waals surface area contributed by atoms with Gasteiger partial charge in [0.1, 0.15) is 0 Å². The van der Waals surface area contributed by atoms with Crippen molar-refractivity contribution in [2.75, 3.05) is 13.2 Å². The summed E-state index contributed by atoms with van der Waals surface area (Å²) in [5, 5.41) is 15.2. The summed E-state index contributed by atoms with van der Waals surface area (Å²) in [4.78, 5) is 0. The summed E-state index contributed by atoms with van der Waals surface area (Å²) in [5.41, 5.74) is 0. The van der Waals surface area contributed by atoms with Gasteiger partial charge in [-0.05, 0) is 0 Å². The molecule has 0 spiro atoms. The third-order valence-electron chi connectivity index (χ3n) is 0.267. The highest BCUT2D eigenvalue weighted by Crippen LogP contribution is 1.52. The van der Waals surface area contributed by atoms with E-state index in [1.54, 1.807) is 12.2 Å². The van der Waals surface area contributed by atoms with Crippen molar-refractivity contribution >= 4 is 0 Å². The molecule has 8 heavy (non-hydrogen) atoms. The van der Waals surface area contributed by atoms with E-state index < -0.39 is 0 Å². The largest absolute Gasteiger partial charge is 0.394 e. The minimum absolute atomic E-state index is 0.125. The van der Waals surface area contributed by atoms with Crippen LogP contribution in [0.4, 0.5) is 0 Å². The lowest BCUT2D eigenvalue weighted by molar-refractivity contribution is 0.186. The standard InChI is InChI=1S/C4H6.C2H6O2/c1-3-4-2;3-1-2-4/h2*3-4H,1-2H2. The second-order valence-corrected chi connectivity index (χ2v) is 0.919. The molecule has 2 N–H and O–H groups in total. The Kier molecular flexibility index (Phi) is 21.0. The Morgan fingerprint density at radius 2 is 1.25 bits per heavy atom. The van der Waals surface area contributed by atoms with Gasteiger partial charge in [-0.3, -0.25) is 0 Å². The van der Waals surface area contributed by atoms with E-state index in [1.165, 1.54) is 0 Å². The molecule has 0 unspecified atom stereocenters. The Hall–Kier alpha value is -0.600. The molecule has 0 aliphatic rings. The molecular weight excluding hydrogens is 104 g/mol. The van der Waals surface area contributed by atoms with E-state index in [4.69, 9.17) is 10.2 Å². The van der Waals surface area contributed by atoms with Crippen molar-refractivity contribution in [3.05, 3.63) is 25.3 Å². The fraction of sp³-hybridized carbons (Fsp3) is 0.333. The normalized spacial score (nSPS) is 6.25. The minimum atomic E-state index is -0.125. The van der Waals surface area contributed by atoms with Gasteiger partial charge in [-0.15, -0.1) is 0 Å². The van der Waals surface area contributed by atoms with Crippen LogP contribution in [0.15, 0.2) is 25.3 Å². The first-order valence-electron chi connectivity index (χ1n) is 2.28. The quantitative estimate of drug-likeness (QED) is 0.510. The minimum Gasteiger partial charge on any atom is -0.394 e. The molecule has 0 saturated carbocycles. The van der Waals surface area contributed by atoms with Gasteiger partial charge in [0, 0.05) is 0 Å². The van der Waals surface area contributed by atoms with Crippen LogP contribution in [-0.2, 0) is 0 Å². The third-order valence-corrected chi connectivity index (χ3v) is 0.267. The first-order valence-corrected chi connectivity index (χ1v) is 2.28. The monoisotopic (exact) mass is 116 g/mol. The molecule has 0 heterocycles. The van der Waals surface area contributed by atoms with E-state index in [9.17, 15) is 0 Å². The number of hydrogen-bond donors (Lipinski definition) is 2. The number of allylic oxidation sites excluding steroid dienone is 2. The van der Waals surface area contributed by atoms with E-state index in [0.717, 1.165) is 0 Å². The van der Waals surface area contributed by atoms with Gasteiger partial charge in [-0.1, -0.05) is 25.3 Å². The molecule has 0 aliphatic heterocycles. The molecule has 0 fully saturated rings. The molecule has 0 atom stereocenters. The molecular formula is C6H12O2. The smallest absolute Gasteiger partial charge is 0.0662 e. The van der Waals surface area contributed by atoms with Crippen LogP contribution < -0.4 is 0 Å². The van der Waals surface area contributed by atoms with Crippen molar-refractivity contribution in [1.29, 1.82) is 0 Å². The lowest BCUT2D eigenvalue weighted by atomic mass is 10.6. The molecule has 48 valence electrons. The van der Waals surface area contributed by atoms with E-state index in [1.807, 2.05) is 0 Å². The Bertz CT molecular complexity index is 42.5. The maximum Gasteiger partial charge on any atom is 0.0662 e. The topological polar surface area (TPSA) is 40.5 Å². The lowest BCUT2D eigenvalue weighted by Gasteiger charge is -1.70. The maximum absolute atomic E-state index is 7.62. The second kappa shape index (κ2) is 16.1. The highest BCUT2D eigenvalue weighted by atomic mass is 16.3. The predicted octanol–water partition coefficient (Wildman–Crippen LogP) is 0.329. The molecule has 0 amide bonds. The second-order valence-electron chi connectivity index (χ2n) is 0.919. The fourth-order valence-electron chi connectivity index (χ4n) is 0. The molecule has 0 aromatic carbocycles. The summed E-state index contributed by atoms with van der Waals surface area (Å²) in [6, 6.07) is 0. The zero-order chi connectivity index (χ0) is 6.83. The van der Waals surface area contributed by atoms with Gasteiger partial charge < -0.3 is 10.2 Å². The predicted molar refractivity (Wildman–Crippen MR) is 34.6 cm³/mol. The molecule has 2 heteroatoms. The fourth-order valence-corrected chi connectivity index (χ4v) is 0. The Labute approximate surface area is 49.8 Å². The maximum atomic E-state index is 7.62. The Balaban J connectivity index is 0. The van der Waals surface area contributed by atoms with Crippen LogP contribution in [0.3, 0.4) is 0 Å². The van der Waals surface area contributed by atoms with Crippen molar-refractivity contribution in [2.45, 2.75) is 0 Å². The van der Waals surface area contributed by atoms with E-state index in [2.05, 4.69) is 13.2 Å². The van der Waals surface area contributed by atoms with Crippen molar-refractivity contribution in [1.82, 2.24) is 0 Å². The van der Waals surface area contributed by atoms with Crippen LogP contribution in [0, 0.1) is 0 Å². The van der Waals surface area contributed by atoms with E-state index in [0.29, 0.717) is 0 Å². The van der Waals surface area contributed by atoms with E-state index in [-0.39, 0.29) is 13.2 Å². The first-order chi connectivity index (χ1) is 3.83. The van der Waals surface area contributed by atoms with Crippen molar-refractivity contribution in [3.63, 3.8) is 0 Å². The summed E-state index contributed by atoms with van der Waals surface area (Å²) in [6.07, 6.45) is 3.28. The van der Waals surface area contributed by atoms with Crippen LogP contribution in [-0.4, -0.2) is 23.4 Å². The number of rotatable bonds is 2. The number of aliphatic hydroxyl groups excluding tert-OH is 2. The molecule has 0 aliphatic carbocycles. The van der Waals surface area contributed by atoms with Crippen molar-refractivity contribution < 1.29 is 10.2 Å². The first kappa shape index (κ1) is 10.4. The van der Waals surface area contributed by atoms with E-state index >= 15 is 0 Å². The number of hydrogen-bond acceptors (Lipinski definition) is 2. The molecule has 0 bridgehead atoms. The summed E-state index contributed by atoms with van der Waals surface area (Å²) >= 11 is 0. The molecule has 0 saturated heterocycles. The van der Waals surface area contributed by atoms with Crippen molar-refractivity contribution in [3.8, 4) is 0 Å². The van der Waals surface area contributed by atoms with Crippen LogP contribution in [0.2, 0.25) is 0 Å². The van der Waals surface area contributed by atoms with Gasteiger partial charge >= 0.3 is 0 Å². The summed E-state index contributed by atoms with van der Waals surface area (Å²) in [7, 11) is 0. The van der Waals surface area contributed by atoms with Gasteiger partial charge in [0.25, 0.3) is 0 Å². The lowest BCUT2D eigenvalue weighted by Crippen LogP contribution is -1.85. The number of aliphatic hydroxyl groups is 2. The molecule has 2 nitrogen and oxygen atoms in total. The van der Waals surface area contributed by atoms with Gasteiger partial charge in [-0.2, -0.15) is 0 Å². The Morgan fingerprint density at radius 1 is 1.00 bits per heavy atom. The van der Waals surface area contributed by atoms with Crippen molar-refractivity contribution in [2.24, 2.45) is 0 Å². The summed E-state index contributed by atoms with van der Waals surface area (Å²) in [6.45, 7) is 6.47. The summed E-state index contributed by atoms with van der Waals surface area (Å²) in [5.74, 6) is 0. The average Bonchev–Trinajstić information content (AvgIpc) is 1.88. The third kappa shape index (κ3) is 53.3. The highest BCUT2D eigenvalue weighted by Gasteiger charge is 1.58. The van der Waals surface area contributed by atoms with Crippen LogP contribution in [0.25, 0.3) is 0 Å². The Morgan fingerprint density at radius 3 is 1.25 bits per heavy atom. The molecule has 0 rings (SSSR count). The SMILES string of the molecule is C=CC=C.OCCO. The van der Waals surface area contributed by atoms with Gasteiger partial charge in [0.2, 0.25) is 0 Å². The zero-order valence-electron chi connectivity index (χ0n) is 4.88. The van der Waals surface area contributed by atoms with Crippen LogP contribution in [0.5, 0.6) is 0 Å². The van der Waals surface area contributed by atoms with Gasteiger partial charge in [0.05, 0.1) is 13.2 Å². The van der Waals surface area contributed by atoms with Gasteiger partial charge in [0.15, 0.2) is 0 Å². The summed E-state index contributed by atoms with van der Waals surface area (Å²) < 4.78 is 0. The zero-order valence-corrected chi connectivity index (χ0v) is 4.88. The molecule has 0 aromatic heterocycles. The highest BCUT2D eigenvalue weighted by molar-refractivity contribution is 4.88.